The first-order valence-corrected chi connectivity index (χ1v) is 2.86. The molecule has 1 fully saturated rings. The van der Waals surface area contributed by atoms with E-state index in [-0.39, 0.29) is 11.3 Å². The Labute approximate surface area is 52.4 Å². The molecule has 0 aromatic heterocycles. The van der Waals surface area contributed by atoms with E-state index < -0.39 is 0 Å². The molecule has 1 aliphatic heterocycles. The second-order valence-corrected chi connectivity index (χ2v) is 2.09. The SMILES string of the molecule is O=C(Cl)C1CCNN1. The molecule has 3 nitrogen and oxygen atoms in total. The minimum absolute atomic E-state index is 0.170. The molecule has 46 valence electrons. The van der Waals surface area contributed by atoms with E-state index in [2.05, 4.69) is 10.9 Å². The highest BCUT2D eigenvalue weighted by Crippen LogP contribution is 1.98. The lowest BCUT2D eigenvalue weighted by Gasteiger charge is -1.98. The Balaban J connectivity index is 2.35. The molecular weight excluding hydrogens is 128 g/mol. The van der Waals surface area contributed by atoms with Gasteiger partial charge in [-0.15, -0.1) is 0 Å². The van der Waals surface area contributed by atoms with E-state index in [0.29, 0.717) is 0 Å². The molecular formula is C4H7ClN2O. The number of halogens is 1. The number of nitrogens with one attached hydrogen (secondary N) is 2. The molecule has 2 N–H and O–H groups in total. The molecule has 8 heavy (non-hydrogen) atoms. The quantitative estimate of drug-likeness (QED) is 0.481. The first-order valence-electron chi connectivity index (χ1n) is 2.48. The molecule has 1 atom stereocenters. The van der Waals surface area contributed by atoms with Crippen molar-refractivity contribution in [2.75, 3.05) is 6.54 Å². The Hall–Kier alpha value is -0.120. The van der Waals surface area contributed by atoms with Crippen molar-refractivity contribution in [3.05, 3.63) is 0 Å². The van der Waals surface area contributed by atoms with Crippen LogP contribution in [0.15, 0.2) is 0 Å². The van der Waals surface area contributed by atoms with Crippen molar-refractivity contribution in [2.45, 2.75) is 12.5 Å². The summed E-state index contributed by atoms with van der Waals surface area (Å²) in [6, 6.07) is -0.170. The van der Waals surface area contributed by atoms with Gasteiger partial charge in [-0.25, -0.2) is 5.43 Å². The summed E-state index contributed by atoms with van der Waals surface area (Å²) >= 11 is 5.14. The molecule has 0 bridgehead atoms. The van der Waals surface area contributed by atoms with Crippen LogP contribution < -0.4 is 10.9 Å². The minimum atomic E-state index is -0.310. The van der Waals surface area contributed by atoms with Crippen LogP contribution in [-0.2, 0) is 4.79 Å². The maximum absolute atomic E-state index is 10.3. The highest BCUT2D eigenvalue weighted by Gasteiger charge is 2.18. The standard InChI is InChI=1S/C4H7ClN2O/c5-4(8)3-1-2-6-7-3/h3,6-7H,1-2H2. The summed E-state index contributed by atoms with van der Waals surface area (Å²) in [6.07, 6.45) is 0.794. The first kappa shape index (κ1) is 6.01. The van der Waals surface area contributed by atoms with Crippen molar-refractivity contribution < 1.29 is 4.79 Å². The van der Waals surface area contributed by atoms with Crippen molar-refractivity contribution >= 4 is 16.8 Å². The third kappa shape index (κ3) is 1.18. The van der Waals surface area contributed by atoms with Crippen LogP contribution in [0.25, 0.3) is 0 Å². The highest BCUT2D eigenvalue weighted by molar-refractivity contribution is 6.64. The first-order chi connectivity index (χ1) is 3.80. The van der Waals surface area contributed by atoms with Gasteiger partial charge < -0.3 is 0 Å². The molecule has 1 aliphatic rings. The van der Waals surface area contributed by atoms with Crippen LogP contribution in [0, 0.1) is 0 Å². The van der Waals surface area contributed by atoms with Gasteiger partial charge in [-0.1, -0.05) is 0 Å². The zero-order valence-corrected chi connectivity index (χ0v) is 5.03. The van der Waals surface area contributed by atoms with Crippen molar-refractivity contribution in [1.82, 2.24) is 10.9 Å². The lowest BCUT2D eigenvalue weighted by Crippen LogP contribution is -2.33. The van der Waals surface area contributed by atoms with Crippen molar-refractivity contribution in [3.63, 3.8) is 0 Å². The zero-order valence-electron chi connectivity index (χ0n) is 4.28. The van der Waals surface area contributed by atoms with E-state index in [4.69, 9.17) is 11.6 Å². The Morgan fingerprint density at radius 2 is 2.50 bits per heavy atom. The van der Waals surface area contributed by atoms with Crippen molar-refractivity contribution in [1.29, 1.82) is 0 Å². The number of hydrazine groups is 1. The number of hydrogen-bond donors (Lipinski definition) is 2. The smallest absolute Gasteiger partial charge is 0.240 e. The van der Waals surface area contributed by atoms with Gasteiger partial charge in [0.15, 0.2) is 0 Å². The minimum Gasteiger partial charge on any atom is -0.279 e. The third-order valence-electron chi connectivity index (χ3n) is 1.11. The van der Waals surface area contributed by atoms with Crippen LogP contribution in [0.4, 0.5) is 0 Å². The normalized spacial score (nSPS) is 28.4. The molecule has 1 rings (SSSR count). The topological polar surface area (TPSA) is 41.1 Å². The van der Waals surface area contributed by atoms with Crippen LogP contribution in [-0.4, -0.2) is 17.8 Å². The van der Waals surface area contributed by atoms with Gasteiger partial charge in [-0.2, -0.15) is 0 Å². The van der Waals surface area contributed by atoms with E-state index in [1.807, 2.05) is 0 Å². The molecule has 0 aromatic rings. The average Bonchev–Trinajstić information content (AvgIpc) is 2.12. The van der Waals surface area contributed by atoms with Gasteiger partial charge in [-0.05, 0) is 18.0 Å². The molecule has 1 heterocycles. The van der Waals surface area contributed by atoms with Gasteiger partial charge in [0.25, 0.3) is 0 Å². The van der Waals surface area contributed by atoms with Crippen LogP contribution in [0.5, 0.6) is 0 Å². The summed E-state index contributed by atoms with van der Waals surface area (Å²) in [5.41, 5.74) is 5.52. The molecule has 0 saturated carbocycles. The molecule has 0 aliphatic carbocycles. The summed E-state index contributed by atoms with van der Waals surface area (Å²) in [5.74, 6) is 0. The maximum Gasteiger partial charge on any atom is 0.240 e. The van der Waals surface area contributed by atoms with Crippen molar-refractivity contribution in [3.8, 4) is 0 Å². The van der Waals surface area contributed by atoms with Gasteiger partial charge >= 0.3 is 0 Å². The van der Waals surface area contributed by atoms with Crippen LogP contribution in [0.2, 0.25) is 0 Å². The summed E-state index contributed by atoms with van der Waals surface area (Å²) in [5, 5.41) is -0.310. The summed E-state index contributed by atoms with van der Waals surface area (Å²) in [4.78, 5) is 10.3. The number of carbonyl (C=O) groups is 1. The predicted octanol–water partition coefficient (Wildman–Crippen LogP) is -0.382. The van der Waals surface area contributed by atoms with Gasteiger partial charge in [0, 0.05) is 6.54 Å². The Bertz CT molecular complexity index is 100. The Kier molecular flexibility index (Phi) is 1.83. The van der Waals surface area contributed by atoms with Gasteiger partial charge in [0.05, 0.1) is 6.04 Å². The van der Waals surface area contributed by atoms with Gasteiger partial charge in [0.2, 0.25) is 5.24 Å². The molecule has 1 saturated heterocycles. The van der Waals surface area contributed by atoms with E-state index in [1.54, 1.807) is 0 Å². The number of carbonyl (C=O) groups excluding carboxylic acids is 1. The monoisotopic (exact) mass is 134 g/mol. The van der Waals surface area contributed by atoms with Gasteiger partial charge in [0.1, 0.15) is 0 Å². The van der Waals surface area contributed by atoms with E-state index in [1.165, 1.54) is 0 Å². The van der Waals surface area contributed by atoms with E-state index in [0.717, 1.165) is 13.0 Å². The molecule has 1 unspecified atom stereocenters. The predicted molar refractivity (Wildman–Crippen MR) is 30.4 cm³/mol. The summed E-state index contributed by atoms with van der Waals surface area (Å²) in [7, 11) is 0. The molecule has 0 aromatic carbocycles. The van der Waals surface area contributed by atoms with Crippen LogP contribution >= 0.6 is 11.6 Å². The largest absolute Gasteiger partial charge is 0.279 e. The number of hydrogen-bond acceptors (Lipinski definition) is 3. The second kappa shape index (κ2) is 2.44. The molecule has 0 amide bonds. The number of rotatable bonds is 1. The fourth-order valence-corrected chi connectivity index (χ4v) is 0.818. The van der Waals surface area contributed by atoms with Gasteiger partial charge in [-0.3, -0.25) is 10.2 Å². The average molecular weight is 135 g/mol. The maximum atomic E-state index is 10.3. The Morgan fingerprint density at radius 1 is 1.75 bits per heavy atom. The molecule has 0 radical (unpaired) electrons. The molecule has 0 spiro atoms. The van der Waals surface area contributed by atoms with E-state index >= 15 is 0 Å². The van der Waals surface area contributed by atoms with Crippen LogP contribution in [0.1, 0.15) is 6.42 Å². The van der Waals surface area contributed by atoms with E-state index in [9.17, 15) is 4.79 Å². The molecule has 4 heteroatoms. The lowest BCUT2D eigenvalue weighted by atomic mass is 10.3. The van der Waals surface area contributed by atoms with Crippen molar-refractivity contribution in [2.24, 2.45) is 0 Å². The zero-order chi connectivity index (χ0) is 5.98. The Morgan fingerprint density at radius 3 is 2.75 bits per heavy atom. The van der Waals surface area contributed by atoms with Crippen LogP contribution in [0.3, 0.4) is 0 Å². The second-order valence-electron chi connectivity index (χ2n) is 1.72. The summed E-state index contributed by atoms with van der Waals surface area (Å²) in [6.45, 7) is 0.823. The highest BCUT2D eigenvalue weighted by atomic mass is 35.5. The fourth-order valence-electron chi connectivity index (χ4n) is 0.654. The lowest BCUT2D eigenvalue weighted by molar-refractivity contribution is -0.113. The summed E-state index contributed by atoms with van der Waals surface area (Å²) < 4.78 is 0. The third-order valence-corrected chi connectivity index (χ3v) is 1.37. The fraction of sp³-hybridized carbons (Fsp3) is 0.750.